The molecule has 0 saturated heterocycles. The summed E-state index contributed by atoms with van der Waals surface area (Å²) in [5.41, 5.74) is 0.00322. The second-order valence-corrected chi connectivity index (χ2v) is 4.70. The summed E-state index contributed by atoms with van der Waals surface area (Å²) < 4.78 is 4.71. The number of ether oxygens (including phenoxy) is 1. The standard InChI is InChI=1S/C10H15ClO2/c1-6(11)5-7-8(9(12)13-4)10(7,2)3/h5,7-8H,1-4H3. The van der Waals surface area contributed by atoms with Crippen LogP contribution in [0.5, 0.6) is 0 Å². The highest BCUT2D eigenvalue weighted by Gasteiger charge is 2.61. The predicted molar refractivity (Wildman–Crippen MR) is 52.4 cm³/mol. The van der Waals surface area contributed by atoms with Gasteiger partial charge in [0.2, 0.25) is 0 Å². The Morgan fingerprint density at radius 1 is 1.54 bits per heavy atom. The topological polar surface area (TPSA) is 26.3 Å². The molecule has 0 heterocycles. The first kappa shape index (κ1) is 10.6. The predicted octanol–water partition coefficient (Wildman–Crippen LogP) is 2.57. The summed E-state index contributed by atoms with van der Waals surface area (Å²) in [6.45, 7) is 5.93. The maximum Gasteiger partial charge on any atom is 0.309 e. The van der Waals surface area contributed by atoms with Crippen LogP contribution in [0.3, 0.4) is 0 Å². The number of esters is 1. The largest absolute Gasteiger partial charge is 0.469 e. The first-order valence-electron chi connectivity index (χ1n) is 4.33. The average Bonchev–Trinajstić information content (AvgIpc) is 2.51. The molecule has 1 rings (SSSR count). The minimum Gasteiger partial charge on any atom is -0.469 e. The Labute approximate surface area is 83.9 Å². The fourth-order valence-corrected chi connectivity index (χ4v) is 1.95. The van der Waals surface area contributed by atoms with Crippen molar-refractivity contribution in [1.29, 1.82) is 0 Å². The van der Waals surface area contributed by atoms with Crippen molar-refractivity contribution in [3.63, 3.8) is 0 Å². The smallest absolute Gasteiger partial charge is 0.309 e. The molecule has 1 fully saturated rings. The van der Waals surface area contributed by atoms with Gasteiger partial charge in [-0.2, -0.15) is 0 Å². The lowest BCUT2D eigenvalue weighted by molar-refractivity contribution is -0.143. The van der Waals surface area contributed by atoms with E-state index >= 15 is 0 Å². The monoisotopic (exact) mass is 202 g/mol. The van der Waals surface area contributed by atoms with Crippen LogP contribution in [-0.2, 0) is 9.53 Å². The summed E-state index contributed by atoms with van der Waals surface area (Å²) in [7, 11) is 1.42. The zero-order chi connectivity index (χ0) is 10.2. The van der Waals surface area contributed by atoms with Crippen LogP contribution in [0.1, 0.15) is 20.8 Å². The summed E-state index contributed by atoms with van der Waals surface area (Å²) >= 11 is 5.76. The lowest BCUT2D eigenvalue weighted by Gasteiger charge is -1.99. The van der Waals surface area contributed by atoms with Crippen molar-refractivity contribution >= 4 is 17.6 Å². The van der Waals surface area contributed by atoms with Crippen LogP contribution in [-0.4, -0.2) is 13.1 Å². The zero-order valence-corrected chi connectivity index (χ0v) is 9.18. The maximum atomic E-state index is 11.3. The third-order valence-corrected chi connectivity index (χ3v) is 2.90. The van der Waals surface area contributed by atoms with Crippen LogP contribution in [0.4, 0.5) is 0 Å². The maximum absolute atomic E-state index is 11.3. The van der Waals surface area contributed by atoms with Crippen LogP contribution in [0.25, 0.3) is 0 Å². The number of hydrogen-bond donors (Lipinski definition) is 0. The lowest BCUT2D eigenvalue weighted by Crippen LogP contribution is -2.07. The number of methoxy groups -OCH3 is 1. The van der Waals surface area contributed by atoms with Crippen LogP contribution < -0.4 is 0 Å². The van der Waals surface area contributed by atoms with E-state index in [0.717, 1.165) is 5.03 Å². The molecular formula is C10H15ClO2. The minimum atomic E-state index is -0.135. The summed E-state index contributed by atoms with van der Waals surface area (Å²) in [5.74, 6) is 0.0767. The number of rotatable bonds is 2. The van der Waals surface area contributed by atoms with Gasteiger partial charge in [0, 0.05) is 5.03 Å². The Hall–Kier alpha value is -0.500. The zero-order valence-electron chi connectivity index (χ0n) is 8.43. The normalized spacial score (nSPS) is 31.3. The average molecular weight is 203 g/mol. The lowest BCUT2D eigenvalue weighted by atomic mass is 10.1. The van der Waals surface area contributed by atoms with E-state index in [1.807, 2.05) is 13.0 Å². The van der Waals surface area contributed by atoms with E-state index in [0.29, 0.717) is 0 Å². The Morgan fingerprint density at radius 3 is 2.46 bits per heavy atom. The minimum absolute atomic E-state index is 0.00322. The van der Waals surface area contributed by atoms with Gasteiger partial charge in [0.25, 0.3) is 0 Å². The van der Waals surface area contributed by atoms with Gasteiger partial charge in [-0.25, -0.2) is 0 Å². The number of hydrogen-bond acceptors (Lipinski definition) is 2. The molecule has 0 amide bonds. The first-order chi connectivity index (χ1) is 5.91. The molecule has 0 aromatic carbocycles. The summed E-state index contributed by atoms with van der Waals surface area (Å²) in [4.78, 5) is 11.3. The van der Waals surface area contributed by atoms with Crippen molar-refractivity contribution in [1.82, 2.24) is 0 Å². The molecule has 13 heavy (non-hydrogen) atoms. The Morgan fingerprint density at radius 2 is 2.08 bits per heavy atom. The Balaban J connectivity index is 2.72. The molecule has 0 aliphatic heterocycles. The second kappa shape index (κ2) is 3.33. The second-order valence-electron chi connectivity index (χ2n) is 4.10. The third kappa shape index (κ3) is 1.88. The van der Waals surface area contributed by atoms with Crippen LogP contribution in [0, 0.1) is 17.3 Å². The quantitative estimate of drug-likeness (QED) is 0.644. The molecule has 74 valence electrons. The third-order valence-electron chi connectivity index (χ3n) is 2.78. The van der Waals surface area contributed by atoms with Gasteiger partial charge in [0.1, 0.15) is 0 Å². The molecule has 0 aromatic heterocycles. The van der Waals surface area contributed by atoms with Crippen molar-refractivity contribution in [2.45, 2.75) is 20.8 Å². The Kier molecular flexibility index (Phi) is 2.71. The van der Waals surface area contributed by atoms with Crippen molar-refractivity contribution in [2.24, 2.45) is 17.3 Å². The molecular weight excluding hydrogens is 188 g/mol. The van der Waals surface area contributed by atoms with E-state index < -0.39 is 0 Å². The molecule has 0 aromatic rings. The van der Waals surface area contributed by atoms with Crippen LogP contribution in [0.15, 0.2) is 11.1 Å². The summed E-state index contributed by atoms with van der Waals surface area (Å²) in [6, 6.07) is 0. The molecule has 1 aliphatic rings. The van der Waals surface area contributed by atoms with Crippen LogP contribution in [0.2, 0.25) is 0 Å². The summed E-state index contributed by atoms with van der Waals surface area (Å²) in [6.07, 6.45) is 1.93. The van der Waals surface area contributed by atoms with Gasteiger partial charge in [-0.3, -0.25) is 4.79 Å². The van der Waals surface area contributed by atoms with E-state index in [1.165, 1.54) is 7.11 Å². The van der Waals surface area contributed by atoms with Gasteiger partial charge < -0.3 is 4.74 Å². The molecule has 0 radical (unpaired) electrons. The van der Waals surface area contributed by atoms with E-state index in [1.54, 1.807) is 0 Å². The number of halogens is 1. The first-order valence-corrected chi connectivity index (χ1v) is 4.70. The molecule has 3 heteroatoms. The number of carbonyl (C=O) groups is 1. The van der Waals surface area contributed by atoms with Gasteiger partial charge in [-0.15, -0.1) is 0 Å². The molecule has 1 aliphatic carbocycles. The fraction of sp³-hybridized carbons (Fsp3) is 0.700. The van der Waals surface area contributed by atoms with Gasteiger partial charge in [0.15, 0.2) is 0 Å². The van der Waals surface area contributed by atoms with Crippen molar-refractivity contribution in [2.75, 3.05) is 7.11 Å². The van der Waals surface area contributed by atoms with Gasteiger partial charge in [-0.1, -0.05) is 31.5 Å². The molecule has 2 atom stereocenters. The summed E-state index contributed by atoms with van der Waals surface area (Å²) in [5, 5.41) is 0.740. The SMILES string of the molecule is COC(=O)C1C(C=C(C)Cl)C1(C)C. The highest BCUT2D eigenvalue weighted by atomic mass is 35.5. The molecule has 2 nitrogen and oxygen atoms in total. The van der Waals surface area contributed by atoms with Crippen molar-refractivity contribution in [3.8, 4) is 0 Å². The van der Waals surface area contributed by atoms with Crippen molar-refractivity contribution < 1.29 is 9.53 Å². The van der Waals surface area contributed by atoms with E-state index in [9.17, 15) is 4.79 Å². The molecule has 0 bridgehead atoms. The number of allylic oxidation sites excluding steroid dienone is 2. The molecule has 1 saturated carbocycles. The van der Waals surface area contributed by atoms with E-state index in [4.69, 9.17) is 16.3 Å². The van der Waals surface area contributed by atoms with E-state index in [2.05, 4.69) is 13.8 Å². The van der Waals surface area contributed by atoms with Gasteiger partial charge in [0.05, 0.1) is 13.0 Å². The number of carbonyl (C=O) groups excluding carboxylic acids is 1. The van der Waals surface area contributed by atoms with E-state index in [-0.39, 0.29) is 23.2 Å². The van der Waals surface area contributed by atoms with Gasteiger partial charge in [-0.05, 0) is 18.3 Å². The highest BCUT2D eigenvalue weighted by molar-refractivity contribution is 6.29. The van der Waals surface area contributed by atoms with Crippen LogP contribution >= 0.6 is 11.6 Å². The molecule has 0 N–H and O–H groups in total. The van der Waals surface area contributed by atoms with Gasteiger partial charge >= 0.3 is 5.97 Å². The highest BCUT2D eigenvalue weighted by Crippen LogP contribution is 2.59. The van der Waals surface area contributed by atoms with Crippen molar-refractivity contribution in [3.05, 3.63) is 11.1 Å². The molecule has 0 spiro atoms. The Bertz CT molecular complexity index is 252. The fourth-order valence-electron chi connectivity index (χ4n) is 1.81. The molecule has 2 unspecified atom stereocenters.